The Labute approximate surface area is 181 Å². The molecule has 1 N–H and O–H groups in total. The number of aliphatic hydroxyl groups is 1. The molecule has 14 heteroatoms. The predicted molar refractivity (Wildman–Crippen MR) is 91.3 cm³/mol. The number of carbonyl (C=O) groups excluding carboxylic acids is 1. The summed E-state index contributed by atoms with van der Waals surface area (Å²) in [7, 11) is 0. The van der Waals surface area contributed by atoms with Gasteiger partial charge in [0.25, 0.3) is 0 Å². The van der Waals surface area contributed by atoms with Crippen LogP contribution in [0.1, 0.15) is 52.4 Å². The summed E-state index contributed by atoms with van der Waals surface area (Å²) < 4.78 is 152. The fraction of sp³-hybridized carbons (Fsp3) is 0.842. The van der Waals surface area contributed by atoms with E-state index < -0.39 is 77.9 Å². The van der Waals surface area contributed by atoms with Crippen LogP contribution in [0.5, 0.6) is 0 Å². The van der Waals surface area contributed by atoms with Gasteiger partial charge in [0.15, 0.2) is 0 Å². The van der Waals surface area contributed by atoms with Crippen LogP contribution in [0, 0.1) is 5.92 Å². The second-order valence-electron chi connectivity index (χ2n) is 8.35. The fourth-order valence-corrected chi connectivity index (χ4v) is 4.61. The van der Waals surface area contributed by atoms with Crippen LogP contribution in [-0.4, -0.2) is 52.3 Å². The van der Waals surface area contributed by atoms with E-state index in [0.717, 1.165) is 0 Å². The molecule has 2 fully saturated rings. The van der Waals surface area contributed by atoms with Crippen molar-refractivity contribution in [3.63, 3.8) is 0 Å². The zero-order valence-corrected chi connectivity index (χ0v) is 17.5. The van der Waals surface area contributed by atoms with Gasteiger partial charge in [-0.1, -0.05) is 32.8 Å². The average Bonchev–Trinajstić information content (AvgIpc) is 2.66. The molecule has 2 rings (SSSR count). The van der Waals surface area contributed by atoms with E-state index in [1.54, 1.807) is 0 Å². The fourth-order valence-electron chi connectivity index (χ4n) is 4.61. The third kappa shape index (κ3) is 3.71. The quantitative estimate of drug-likeness (QED) is 0.304. The van der Waals surface area contributed by atoms with Crippen molar-refractivity contribution in [2.75, 3.05) is 0 Å². The molecule has 1 saturated heterocycles. The monoisotopic (exact) mass is 504 g/mol. The minimum Gasteiger partial charge on any atom is -0.442 e. The minimum absolute atomic E-state index is 0.00966. The van der Waals surface area contributed by atoms with Gasteiger partial charge in [-0.05, 0) is 26.2 Å². The number of alkyl halides is 10. The summed E-state index contributed by atoms with van der Waals surface area (Å²) in [6.07, 6.45) is -14.3. The first-order chi connectivity index (χ1) is 14.7. The van der Waals surface area contributed by atoms with Crippen molar-refractivity contribution in [1.82, 2.24) is 0 Å². The van der Waals surface area contributed by atoms with E-state index in [4.69, 9.17) is 0 Å². The van der Waals surface area contributed by atoms with Crippen molar-refractivity contribution in [2.24, 2.45) is 5.92 Å². The summed E-state index contributed by atoms with van der Waals surface area (Å²) in [6, 6.07) is 0. The van der Waals surface area contributed by atoms with Crippen LogP contribution in [-0.2, 0) is 14.3 Å². The molecular weight excluding hydrogens is 482 g/mol. The van der Waals surface area contributed by atoms with Gasteiger partial charge in [-0.15, -0.1) is 0 Å². The largest absolute Gasteiger partial charge is 0.442 e. The summed E-state index contributed by atoms with van der Waals surface area (Å²) >= 11 is 0. The SMILES string of the molecule is C=C(C(=O)OC1(CC)C(F)(F)C(C)(O)OC(C2CCCCC2)(C(F)(F)F)C1(F)F)C(F)(F)F. The Bertz CT molecular complexity index is 782. The molecule has 2 aliphatic rings. The van der Waals surface area contributed by atoms with Crippen LogP contribution in [0.2, 0.25) is 0 Å². The van der Waals surface area contributed by atoms with Gasteiger partial charge in [-0.25, -0.2) is 4.79 Å². The van der Waals surface area contributed by atoms with E-state index in [2.05, 4.69) is 16.1 Å². The number of hydrogen-bond acceptors (Lipinski definition) is 4. The van der Waals surface area contributed by atoms with Crippen molar-refractivity contribution < 1.29 is 63.3 Å². The summed E-state index contributed by atoms with van der Waals surface area (Å²) in [4.78, 5) is 11.9. The average molecular weight is 504 g/mol. The molecule has 0 aromatic rings. The van der Waals surface area contributed by atoms with Gasteiger partial charge in [0, 0.05) is 5.92 Å². The van der Waals surface area contributed by atoms with Crippen LogP contribution < -0.4 is 0 Å². The standard InChI is InChI=1S/C19H22F10O4/c1-4-14(32-12(30)10(2)16(20,21)22)17(23,24)13(3,31)33-15(18(14,25)26,19(27,28)29)11-8-6-5-7-9-11/h11,31H,2,4-9H2,1,3H3. The Morgan fingerprint density at radius 1 is 1.03 bits per heavy atom. The highest BCUT2D eigenvalue weighted by Crippen LogP contribution is 2.67. The molecule has 1 heterocycles. The zero-order valence-electron chi connectivity index (χ0n) is 17.5. The third-order valence-corrected chi connectivity index (χ3v) is 6.38. The van der Waals surface area contributed by atoms with Crippen LogP contribution in [0.15, 0.2) is 12.2 Å². The molecule has 33 heavy (non-hydrogen) atoms. The molecule has 1 aliphatic carbocycles. The molecule has 4 nitrogen and oxygen atoms in total. The molecule has 3 atom stereocenters. The molecule has 0 radical (unpaired) electrons. The number of ether oxygens (including phenoxy) is 2. The lowest BCUT2D eigenvalue weighted by Gasteiger charge is -2.62. The van der Waals surface area contributed by atoms with Crippen molar-refractivity contribution in [1.29, 1.82) is 0 Å². The van der Waals surface area contributed by atoms with Crippen molar-refractivity contribution in [3.8, 4) is 0 Å². The number of rotatable bonds is 4. The van der Waals surface area contributed by atoms with Crippen LogP contribution in [0.25, 0.3) is 0 Å². The van der Waals surface area contributed by atoms with Crippen molar-refractivity contribution in [3.05, 3.63) is 12.2 Å². The maximum absolute atomic E-state index is 15.9. The summed E-state index contributed by atoms with van der Waals surface area (Å²) in [6.45, 7) is 2.69. The van der Waals surface area contributed by atoms with Gasteiger partial charge in [0.05, 0.1) is 0 Å². The molecule has 3 unspecified atom stereocenters. The molecule has 192 valence electrons. The highest BCUT2D eigenvalue weighted by Gasteiger charge is 2.93. The molecule has 0 spiro atoms. The van der Waals surface area contributed by atoms with Crippen molar-refractivity contribution in [2.45, 2.75) is 93.6 Å². The van der Waals surface area contributed by atoms with E-state index >= 15 is 17.6 Å². The first kappa shape index (κ1) is 27.7. The number of halogens is 10. The molecule has 1 saturated carbocycles. The highest BCUT2D eigenvalue weighted by atomic mass is 19.4. The topological polar surface area (TPSA) is 55.8 Å². The molecule has 0 aromatic heterocycles. The second kappa shape index (κ2) is 7.99. The van der Waals surface area contributed by atoms with E-state index in [9.17, 15) is 36.2 Å². The lowest BCUT2D eigenvalue weighted by atomic mass is 9.63. The Morgan fingerprint density at radius 2 is 1.52 bits per heavy atom. The van der Waals surface area contributed by atoms with Crippen LogP contribution in [0.4, 0.5) is 43.9 Å². The summed E-state index contributed by atoms with van der Waals surface area (Å²) in [5, 5.41) is 10.2. The smallest absolute Gasteiger partial charge is 0.424 e. The van der Waals surface area contributed by atoms with Gasteiger partial charge in [-0.2, -0.15) is 43.9 Å². The Kier molecular flexibility index (Phi) is 6.70. The number of carbonyl (C=O) groups is 1. The first-order valence-corrected chi connectivity index (χ1v) is 9.90. The number of esters is 1. The maximum Gasteiger partial charge on any atom is 0.424 e. The number of hydrogen-bond donors (Lipinski definition) is 1. The van der Waals surface area contributed by atoms with E-state index in [-0.39, 0.29) is 19.8 Å². The van der Waals surface area contributed by atoms with E-state index in [0.29, 0.717) is 13.3 Å². The van der Waals surface area contributed by atoms with Crippen molar-refractivity contribution >= 4 is 5.97 Å². The third-order valence-electron chi connectivity index (χ3n) is 6.38. The molecule has 1 aliphatic heterocycles. The Balaban J connectivity index is 2.85. The Hall–Kier alpha value is -1.57. The van der Waals surface area contributed by atoms with Crippen LogP contribution in [0.3, 0.4) is 0 Å². The lowest BCUT2D eigenvalue weighted by Crippen LogP contribution is -2.86. The van der Waals surface area contributed by atoms with Gasteiger partial charge in [0.2, 0.25) is 17.0 Å². The van der Waals surface area contributed by atoms with Gasteiger partial charge >= 0.3 is 30.2 Å². The maximum atomic E-state index is 15.9. The summed E-state index contributed by atoms with van der Waals surface area (Å²) in [5.74, 6) is -20.6. The normalized spacial score (nSPS) is 35.2. The van der Waals surface area contributed by atoms with Crippen LogP contribution >= 0.6 is 0 Å². The zero-order chi connectivity index (χ0) is 25.9. The van der Waals surface area contributed by atoms with E-state index in [1.165, 1.54) is 0 Å². The first-order valence-electron chi connectivity index (χ1n) is 9.90. The van der Waals surface area contributed by atoms with E-state index in [1.807, 2.05) is 0 Å². The van der Waals surface area contributed by atoms with Gasteiger partial charge in [-0.3, -0.25) is 0 Å². The lowest BCUT2D eigenvalue weighted by molar-refractivity contribution is -0.525. The molecule has 0 bridgehead atoms. The summed E-state index contributed by atoms with van der Waals surface area (Å²) in [5.41, 5.74) is -12.1. The molecule has 0 aromatic carbocycles. The highest BCUT2D eigenvalue weighted by molar-refractivity contribution is 5.89. The molecule has 0 amide bonds. The minimum atomic E-state index is -6.10. The molecular formula is C19H22F10O4. The van der Waals surface area contributed by atoms with Gasteiger partial charge in [0.1, 0.15) is 5.57 Å². The Morgan fingerprint density at radius 3 is 1.91 bits per heavy atom. The predicted octanol–water partition coefficient (Wildman–Crippen LogP) is 5.69. The second-order valence-corrected chi connectivity index (χ2v) is 8.35. The van der Waals surface area contributed by atoms with Gasteiger partial charge < -0.3 is 14.6 Å².